The first-order chi connectivity index (χ1) is 17.0. The first-order valence-electron chi connectivity index (χ1n) is 11.7. The molecule has 0 saturated carbocycles. The van der Waals surface area contributed by atoms with Crippen LogP contribution in [0.25, 0.3) is 0 Å². The Labute approximate surface area is 213 Å². The molecule has 7 N–H and O–H groups in total. The molecule has 0 spiro atoms. The topological polar surface area (TPSA) is 174 Å². The number of hydrogen-bond donors (Lipinski definition) is 6. The van der Waals surface area contributed by atoms with E-state index in [9.17, 15) is 23.1 Å². The number of carbonyl (C=O) groups excluding carboxylic acids is 2. The average molecular weight is 520 g/mol. The molecule has 11 heteroatoms. The van der Waals surface area contributed by atoms with E-state index in [1.165, 1.54) is 0 Å². The molecule has 0 saturated heterocycles. The second-order valence-electron chi connectivity index (χ2n) is 8.84. The number of nitrogens with two attached hydrogens (primary N) is 1. The molecule has 0 bridgehead atoms. The van der Waals surface area contributed by atoms with Crippen LogP contribution in [0.15, 0.2) is 54.6 Å². The Hall–Kier alpha value is -3.28. The molecule has 2 atom stereocenters. The van der Waals surface area contributed by atoms with Crippen LogP contribution in [0, 0.1) is 11.3 Å². The lowest BCUT2D eigenvalue weighted by molar-refractivity contribution is -0.130. The van der Waals surface area contributed by atoms with Crippen LogP contribution in [0.1, 0.15) is 44.8 Å². The zero-order chi connectivity index (χ0) is 26.7. The zero-order valence-corrected chi connectivity index (χ0v) is 21.3. The van der Waals surface area contributed by atoms with E-state index in [4.69, 9.17) is 11.1 Å². The molecule has 1 unspecified atom stereocenters. The summed E-state index contributed by atoms with van der Waals surface area (Å²) in [5.74, 6) is -1.79. The zero-order valence-electron chi connectivity index (χ0n) is 20.5. The van der Waals surface area contributed by atoms with Gasteiger partial charge in [-0.05, 0) is 29.9 Å². The van der Waals surface area contributed by atoms with Crippen LogP contribution in [0.2, 0.25) is 0 Å². The predicted molar refractivity (Wildman–Crippen MR) is 140 cm³/mol. The fraction of sp³-hybridized carbons (Fsp3) is 0.400. The van der Waals surface area contributed by atoms with Crippen molar-refractivity contribution in [3.63, 3.8) is 0 Å². The Kier molecular flexibility index (Phi) is 11.0. The number of rotatable bonds is 14. The molecule has 0 aliphatic rings. The van der Waals surface area contributed by atoms with Gasteiger partial charge >= 0.3 is 0 Å². The molecule has 2 rings (SSSR count). The summed E-state index contributed by atoms with van der Waals surface area (Å²) in [6.45, 7) is 3.44. The van der Waals surface area contributed by atoms with Gasteiger partial charge in [0, 0.05) is 20.1 Å². The van der Waals surface area contributed by atoms with Gasteiger partial charge in [0.05, 0.1) is 5.75 Å². The molecule has 0 aliphatic carbocycles. The summed E-state index contributed by atoms with van der Waals surface area (Å²) in [6.07, 6.45) is 0.455. The highest BCUT2D eigenvalue weighted by molar-refractivity contribution is 7.88. The maximum Gasteiger partial charge on any atom is 0.242 e. The summed E-state index contributed by atoms with van der Waals surface area (Å²) in [6, 6.07) is 13.4. The number of aliphatic hydroxyl groups excluding tert-OH is 1. The molecule has 2 aromatic rings. The van der Waals surface area contributed by atoms with E-state index in [-0.39, 0.29) is 44.9 Å². The second-order valence-corrected chi connectivity index (χ2v) is 10.6. The number of aliphatic hydroxyl groups is 1. The molecular weight excluding hydrogens is 482 g/mol. The normalized spacial score (nSPS) is 13.1. The lowest BCUT2D eigenvalue weighted by atomic mass is 10.0. The molecule has 0 aliphatic heterocycles. The Morgan fingerprint density at radius 3 is 2.22 bits per heavy atom. The summed E-state index contributed by atoms with van der Waals surface area (Å²) in [5.41, 5.74) is 7.37. The second kappa shape index (κ2) is 13.7. The lowest BCUT2D eigenvalue weighted by Gasteiger charge is -2.25. The number of nitrogens with one attached hydrogen (secondary N) is 4. The largest absolute Gasteiger partial charge is 0.396 e. The maximum atomic E-state index is 13.1. The number of sulfonamides is 1. The van der Waals surface area contributed by atoms with Crippen molar-refractivity contribution in [1.82, 2.24) is 15.4 Å². The SMILES string of the molecule is CC(C)[C@@H](NS(=O)(=O)Cc1ccccc1)C(=O)NC(CCCO)C(=O)NCc1ccc(C(=N)N)cc1.[HH]. The van der Waals surface area contributed by atoms with Crippen molar-refractivity contribution in [2.75, 3.05) is 6.61 Å². The predicted octanol–water partition coefficient (Wildman–Crippen LogP) is 1.23. The van der Waals surface area contributed by atoms with E-state index in [0.717, 1.165) is 5.56 Å². The summed E-state index contributed by atoms with van der Waals surface area (Å²) >= 11 is 0. The fourth-order valence-electron chi connectivity index (χ4n) is 3.46. The van der Waals surface area contributed by atoms with Crippen molar-refractivity contribution < 1.29 is 24.5 Å². The highest BCUT2D eigenvalue weighted by Crippen LogP contribution is 2.10. The summed E-state index contributed by atoms with van der Waals surface area (Å²) < 4.78 is 27.9. The molecule has 10 nitrogen and oxygen atoms in total. The van der Waals surface area contributed by atoms with E-state index < -0.39 is 33.9 Å². The molecule has 0 radical (unpaired) electrons. The molecule has 0 heterocycles. The van der Waals surface area contributed by atoms with E-state index >= 15 is 0 Å². The van der Waals surface area contributed by atoms with Crippen LogP contribution in [0.3, 0.4) is 0 Å². The van der Waals surface area contributed by atoms with E-state index in [1.807, 2.05) is 0 Å². The third-order valence-electron chi connectivity index (χ3n) is 5.47. The Morgan fingerprint density at radius 1 is 1.03 bits per heavy atom. The molecule has 2 aromatic carbocycles. The quantitative estimate of drug-likeness (QED) is 0.162. The Bertz CT molecular complexity index is 1130. The van der Waals surface area contributed by atoms with Crippen LogP contribution in [0.5, 0.6) is 0 Å². The van der Waals surface area contributed by atoms with Crippen LogP contribution in [0.4, 0.5) is 0 Å². The standard InChI is InChI=1S/C25H35N5O5S.H2/c1-17(2)22(30-36(34,35)16-19-7-4-3-5-8-19)25(33)29-21(9-6-14-31)24(32)28-15-18-10-12-20(13-11-18)23(26)27;/h3-5,7-8,10-13,17,21-22,30-31H,6,9,14-16H2,1-2H3,(H3,26,27)(H,28,32)(H,29,33);1H/t21?,22-;/m1./s1. The van der Waals surface area contributed by atoms with Gasteiger partial charge in [0.25, 0.3) is 0 Å². The summed E-state index contributed by atoms with van der Waals surface area (Å²) in [5, 5.41) is 22.1. The molecule has 0 aromatic heterocycles. The average Bonchev–Trinajstić information content (AvgIpc) is 2.83. The van der Waals surface area contributed by atoms with Crippen LogP contribution in [-0.4, -0.2) is 49.9 Å². The van der Waals surface area contributed by atoms with Gasteiger partial charge < -0.3 is 21.5 Å². The third kappa shape index (κ3) is 9.40. The van der Waals surface area contributed by atoms with Gasteiger partial charge in [-0.1, -0.05) is 68.4 Å². The lowest BCUT2D eigenvalue weighted by Crippen LogP contribution is -2.55. The third-order valence-corrected chi connectivity index (χ3v) is 6.80. The van der Waals surface area contributed by atoms with Crippen LogP contribution in [-0.2, 0) is 31.9 Å². The highest BCUT2D eigenvalue weighted by atomic mass is 32.2. The molecule has 0 fully saturated rings. The van der Waals surface area contributed by atoms with E-state index in [2.05, 4.69) is 15.4 Å². The minimum absolute atomic E-state index is 0. The minimum atomic E-state index is -3.83. The smallest absolute Gasteiger partial charge is 0.242 e. The van der Waals surface area contributed by atoms with Crippen molar-refractivity contribution in [2.45, 2.75) is 51.1 Å². The van der Waals surface area contributed by atoms with E-state index in [1.54, 1.807) is 68.4 Å². The van der Waals surface area contributed by atoms with Crippen molar-refractivity contribution in [1.29, 1.82) is 5.41 Å². The first kappa shape index (κ1) is 29.0. The summed E-state index contributed by atoms with van der Waals surface area (Å²) in [7, 11) is -3.83. The van der Waals surface area contributed by atoms with Crippen LogP contribution < -0.4 is 21.1 Å². The number of amidine groups is 1. The fourth-order valence-corrected chi connectivity index (χ4v) is 4.94. The van der Waals surface area contributed by atoms with Gasteiger partial charge in [-0.25, -0.2) is 13.1 Å². The van der Waals surface area contributed by atoms with Gasteiger partial charge in [0.15, 0.2) is 0 Å². The number of amides is 2. The van der Waals surface area contributed by atoms with Crippen molar-refractivity contribution in [3.8, 4) is 0 Å². The van der Waals surface area contributed by atoms with Gasteiger partial charge in [-0.3, -0.25) is 15.0 Å². The highest BCUT2D eigenvalue weighted by Gasteiger charge is 2.30. The van der Waals surface area contributed by atoms with E-state index in [0.29, 0.717) is 11.1 Å². The van der Waals surface area contributed by atoms with Crippen molar-refractivity contribution in [3.05, 3.63) is 71.3 Å². The minimum Gasteiger partial charge on any atom is -0.396 e. The number of nitrogen functional groups attached to an aromatic ring is 1. The first-order valence-corrected chi connectivity index (χ1v) is 13.3. The van der Waals surface area contributed by atoms with Gasteiger partial charge in [0.1, 0.15) is 17.9 Å². The molecule has 2 amide bonds. The molecule has 198 valence electrons. The van der Waals surface area contributed by atoms with Gasteiger partial charge in [0.2, 0.25) is 21.8 Å². The number of benzene rings is 2. The molecular formula is C25H37N5O5S. The number of carbonyl (C=O) groups is 2. The monoisotopic (exact) mass is 519 g/mol. The van der Waals surface area contributed by atoms with Crippen LogP contribution >= 0.6 is 0 Å². The number of hydrogen-bond acceptors (Lipinski definition) is 6. The summed E-state index contributed by atoms with van der Waals surface area (Å²) in [4.78, 5) is 25.9. The van der Waals surface area contributed by atoms with Gasteiger partial charge in [-0.2, -0.15) is 0 Å². The Balaban J connectivity index is 0.00000684. The van der Waals surface area contributed by atoms with Gasteiger partial charge in [-0.15, -0.1) is 0 Å². The van der Waals surface area contributed by atoms with Crippen molar-refractivity contribution in [2.24, 2.45) is 11.7 Å². The maximum absolute atomic E-state index is 13.1. The molecule has 36 heavy (non-hydrogen) atoms. The van der Waals surface area contributed by atoms with Crippen molar-refractivity contribution >= 4 is 27.7 Å². The Morgan fingerprint density at radius 2 is 1.67 bits per heavy atom.